The minimum atomic E-state index is -4.40. The zero-order valence-corrected chi connectivity index (χ0v) is 20.9. The van der Waals surface area contributed by atoms with E-state index < -0.39 is 11.7 Å². The Bertz CT molecular complexity index is 1190. The quantitative estimate of drug-likeness (QED) is 0.524. The number of alkyl halides is 3. The Morgan fingerprint density at radius 2 is 1.92 bits per heavy atom. The highest BCUT2D eigenvalue weighted by molar-refractivity contribution is 6.06. The van der Waals surface area contributed by atoms with E-state index in [1.54, 1.807) is 4.90 Å². The minimum Gasteiger partial charge on any atom is -0.313 e. The number of carbonyl (C=O) groups excluding carboxylic acids is 1. The number of piperidine rings is 1. The Labute approximate surface area is 211 Å². The molecule has 0 spiro atoms. The predicted molar refractivity (Wildman–Crippen MR) is 136 cm³/mol. The van der Waals surface area contributed by atoms with Crippen molar-refractivity contribution in [1.82, 2.24) is 5.32 Å². The summed E-state index contributed by atoms with van der Waals surface area (Å²) in [4.78, 5) is 15.2. The van der Waals surface area contributed by atoms with Crippen LogP contribution in [0.15, 0.2) is 42.5 Å². The number of nitrogens with one attached hydrogen (secondary N) is 1. The molecule has 6 heteroatoms. The molecular formula is C30H33F3N2O. The molecule has 0 aromatic heterocycles. The number of fused-ring (bicyclic) bond motifs is 1. The van der Waals surface area contributed by atoms with E-state index in [9.17, 15) is 18.0 Å². The standard InChI is InChI=1S/C30H33F3N2O/c1-20(2)19-35(28(36)14-11-21-9-12-22(13-10-21)30(31,32)33)27-8-5-7-24-23(27)18-26-25-6-3-4-15-29(24,25)16-17-34-26/h5,7-10,12-13,20,25-26,34H,3-4,6,15-19H2,1-2H3/t25-,26+,29-/m0/s1. The van der Waals surface area contributed by atoms with Crippen molar-refractivity contribution >= 4 is 11.6 Å². The number of carbonyl (C=O) groups is 1. The second-order valence-electron chi connectivity index (χ2n) is 11.0. The lowest BCUT2D eigenvalue weighted by molar-refractivity contribution is -0.137. The summed E-state index contributed by atoms with van der Waals surface area (Å²) in [5.74, 6) is 6.07. The van der Waals surface area contributed by atoms with Crippen LogP contribution in [0.2, 0.25) is 0 Å². The second kappa shape index (κ2) is 9.59. The Kier molecular flexibility index (Phi) is 6.63. The van der Waals surface area contributed by atoms with E-state index in [2.05, 4.69) is 43.1 Å². The van der Waals surface area contributed by atoms with Gasteiger partial charge < -0.3 is 10.2 Å². The normalized spacial score (nSPS) is 24.8. The minimum absolute atomic E-state index is 0.191. The Morgan fingerprint density at radius 3 is 2.64 bits per heavy atom. The lowest BCUT2D eigenvalue weighted by Gasteiger charge is -2.56. The van der Waals surface area contributed by atoms with Gasteiger partial charge in [-0.05, 0) is 85.5 Å². The summed E-state index contributed by atoms with van der Waals surface area (Å²) in [6.07, 6.45) is 2.65. The van der Waals surface area contributed by atoms with Crippen LogP contribution in [0.3, 0.4) is 0 Å². The van der Waals surface area contributed by atoms with Crippen molar-refractivity contribution in [1.29, 1.82) is 0 Å². The van der Waals surface area contributed by atoms with Crippen LogP contribution in [0.5, 0.6) is 0 Å². The van der Waals surface area contributed by atoms with E-state index in [4.69, 9.17) is 0 Å². The zero-order chi connectivity index (χ0) is 25.5. The van der Waals surface area contributed by atoms with Gasteiger partial charge in [0.05, 0.1) is 5.56 Å². The van der Waals surface area contributed by atoms with Crippen LogP contribution < -0.4 is 10.2 Å². The van der Waals surface area contributed by atoms with Crippen molar-refractivity contribution < 1.29 is 18.0 Å². The maximum absolute atomic E-state index is 13.4. The maximum atomic E-state index is 13.4. The van der Waals surface area contributed by atoms with E-state index >= 15 is 0 Å². The molecule has 1 N–H and O–H groups in total. The molecule has 1 aliphatic heterocycles. The smallest absolute Gasteiger partial charge is 0.313 e. The monoisotopic (exact) mass is 494 g/mol. The molecule has 2 fully saturated rings. The first-order valence-corrected chi connectivity index (χ1v) is 13.1. The average Bonchev–Trinajstić information content (AvgIpc) is 2.85. The second-order valence-corrected chi connectivity index (χ2v) is 11.0. The molecular weight excluding hydrogens is 461 g/mol. The number of anilines is 1. The molecule has 2 aromatic carbocycles. The van der Waals surface area contributed by atoms with E-state index in [-0.39, 0.29) is 17.2 Å². The van der Waals surface area contributed by atoms with Crippen molar-refractivity contribution in [3.05, 3.63) is 64.7 Å². The molecule has 190 valence electrons. The van der Waals surface area contributed by atoms with E-state index in [1.807, 2.05) is 6.07 Å². The van der Waals surface area contributed by atoms with Crippen LogP contribution in [0.25, 0.3) is 0 Å². The van der Waals surface area contributed by atoms with E-state index in [0.717, 1.165) is 37.2 Å². The largest absolute Gasteiger partial charge is 0.416 e. The summed E-state index contributed by atoms with van der Waals surface area (Å²) in [5.41, 5.74) is 3.47. The lowest BCUT2D eigenvalue weighted by atomic mass is 9.52. The SMILES string of the molecule is CC(C)CN(C(=O)C#Cc1ccc(C(F)(F)F)cc1)c1cccc2c1C[C@H]1NCC[C@@]23CCCC[C@@H]13. The highest BCUT2D eigenvalue weighted by Crippen LogP contribution is 2.55. The Balaban J connectivity index is 1.49. The number of hydrogen-bond donors (Lipinski definition) is 1. The molecule has 0 radical (unpaired) electrons. The van der Waals surface area contributed by atoms with Gasteiger partial charge in [-0.25, -0.2) is 0 Å². The van der Waals surface area contributed by atoms with Gasteiger partial charge in [-0.2, -0.15) is 13.2 Å². The van der Waals surface area contributed by atoms with Crippen molar-refractivity contribution in [3.63, 3.8) is 0 Å². The van der Waals surface area contributed by atoms with Crippen molar-refractivity contribution in [2.24, 2.45) is 11.8 Å². The number of halogens is 3. The maximum Gasteiger partial charge on any atom is 0.416 e. The average molecular weight is 495 g/mol. The Hall–Kier alpha value is -2.78. The summed E-state index contributed by atoms with van der Waals surface area (Å²) >= 11 is 0. The van der Waals surface area contributed by atoms with Gasteiger partial charge in [0.2, 0.25) is 0 Å². The van der Waals surface area contributed by atoms with E-state index in [0.29, 0.717) is 24.1 Å². The molecule has 1 saturated heterocycles. The summed E-state index contributed by atoms with van der Waals surface area (Å²) in [6, 6.07) is 11.5. The number of hydrogen-bond acceptors (Lipinski definition) is 2. The van der Waals surface area contributed by atoms with Crippen molar-refractivity contribution in [2.75, 3.05) is 18.0 Å². The first-order valence-electron chi connectivity index (χ1n) is 13.1. The molecule has 1 amide bonds. The van der Waals surface area contributed by atoms with Crippen molar-refractivity contribution in [3.8, 4) is 11.8 Å². The van der Waals surface area contributed by atoms with Crippen LogP contribution in [0, 0.1) is 23.7 Å². The molecule has 3 nitrogen and oxygen atoms in total. The van der Waals surface area contributed by atoms with Gasteiger partial charge in [0.1, 0.15) is 0 Å². The van der Waals surface area contributed by atoms with Gasteiger partial charge in [0.25, 0.3) is 0 Å². The van der Waals surface area contributed by atoms with Gasteiger partial charge in [-0.3, -0.25) is 4.79 Å². The zero-order valence-electron chi connectivity index (χ0n) is 20.9. The number of rotatable bonds is 3. The summed E-state index contributed by atoms with van der Waals surface area (Å²) in [7, 11) is 0. The van der Waals surface area contributed by atoms with Crippen LogP contribution in [0.4, 0.5) is 18.9 Å². The fraction of sp³-hybridized carbons (Fsp3) is 0.500. The highest BCUT2D eigenvalue weighted by atomic mass is 19.4. The summed E-state index contributed by atoms with van der Waals surface area (Å²) < 4.78 is 38.6. The number of benzene rings is 2. The number of nitrogens with zero attached hydrogens (tertiary/aromatic N) is 1. The first kappa shape index (κ1) is 24.9. The molecule has 2 bridgehead atoms. The lowest BCUT2D eigenvalue weighted by Crippen LogP contribution is -2.59. The molecule has 2 aromatic rings. The number of amides is 1. The van der Waals surface area contributed by atoms with Gasteiger partial charge >= 0.3 is 12.1 Å². The van der Waals surface area contributed by atoms with Crippen LogP contribution >= 0.6 is 0 Å². The first-order chi connectivity index (χ1) is 17.2. The molecule has 2 aliphatic carbocycles. The Morgan fingerprint density at radius 1 is 1.14 bits per heavy atom. The molecule has 36 heavy (non-hydrogen) atoms. The fourth-order valence-electron chi connectivity index (χ4n) is 6.79. The molecule has 5 rings (SSSR count). The van der Waals surface area contributed by atoms with Crippen LogP contribution in [0.1, 0.15) is 68.2 Å². The third-order valence-electron chi connectivity index (χ3n) is 8.28. The molecule has 3 atom stereocenters. The van der Waals surface area contributed by atoms with Crippen LogP contribution in [-0.2, 0) is 22.8 Å². The van der Waals surface area contributed by atoms with Crippen LogP contribution in [-0.4, -0.2) is 25.0 Å². The third kappa shape index (κ3) is 4.54. The molecule has 0 unspecified atom stereocenters. The van der Waals surface area contributed by atoms with Crippen molar-refractivity contribution in [2.45, 2.75) is 70.0 Å². The predicted octanol–water partition coefficient (Wildman–Crippen LogP) is 6.09. The molecule has 3 aliphatic rings. The van der Waals surface area contributed by atoms with Gasteiger partial charge in [-0.1, -0.05) is 44.7 Å². The third-order valence-corrected chi connectivity index (χ3v) is 8.28. The summed E-state index contributed by atoms with van der Waals surface area (Å²) in [6.45, 7) is 5.72. The van der Waals surface area contributed by atoms with Gasteiger partial charge in [0, 0.05) is 35.2 Å². The fourth-order valence-corrected chi connectivity index (χ4v) is 6.79. The summed E-state index contributed by atoms with van der Waals surface area (Å²) in [5, 5.41) is 3.77. The highest BCUT2D eigenvalue weighted by Gasteiger charge is 2.52. The van der Waals surface area contributed by atoms with E-state index in [1.165, 1.54) is 48.9 Å². The van der Waals surface area contributed by atoms with Gasteiger partial charge in [-0.15, -0.1) is 0 Å². The molecule has 1 saturated carbocycles. The molecule has 1 heterocycles. The van der Waals surface area contributed by atoms with Gasteiger partial charge in [0.15, 0.2) is 0 Å². The topological polar surface area (TPSA) is 32.3 Å².